The van der Waals surface area contributed by atoms with Crippen LogP contribution in [-0.2, 0) is 16.6 Å². The smallest absolute Gasteiger partial charge is 0.383 e. The molecule has 1 amide bonds. The summed E-state index contributed by atoms with van der Waals surface area (Å²) in [5.74, 6) is 0.0268. The number of hydrogen-bond acceptors (Lipinski definition) is 7. The van der Waals surface area contributed by atoms with E-state index in [0.29, 0.717) is 36.4 Å². The molecule has 202 valence electrons. The predicted molar refractivity (Wildman–Crippen MR) is 139 cm³/mol. The highest BCUT2D eigenvalue weighted by Gasteiger charge is 2.40. The van der Waals surface area contributed by atoms with Crippen LogP contribution in [0.15, 0.2) is 36.7 Å². The lowest BCUT2D eigenvalue weighted by Crippen LogP contribution is -2.42. The number of anilines is 2. The highest BCUT2D eigenvalue weighted by atomic mass is 32.1. The van der Waals surface area contributed by atoms with Crippen molar-refractivity contribution in [3.05, 3.63) is 52.9 Å². The van der Waals surface area contributed by atoms with Crippen LogP contribution in [0.3, 0.4) is 0 Å². The molecule has 0 radical (unpaired) electrons. The number of benzene rings is 1. The molecule has 1 aromatic carbocycles. The number of carbonyl (C=O) groups is 1. The molecule has 38 heavy (non-hydrogen) atoms. The number of thiazole rings is 1. The summed E-state index contributed by atoms with van der Waals surface area (Å²) in [5.41, 5.74) is 0.168. The van der Waals surface area contributed by atoms with Crippen LogP contribution >= 0.6 is 11.3 Å². The summed E-state index contributed by atoms with van der Waals surface area (Å²) in [5, 5.41) is 14.9. The SMILES string of the molecule is Cc1cc(Nc2nccc(C(F)(F)F)n2)cc(-c2cnc(C3(O)CCC(C(=O)N4CCCCC4)CC3)s2)c1. The molecule has 0 unspecified atom stereocenters. The van der Waals surface area contributed by atoms with Gasteiger partial charge in [-0.1, -0.05) is 6.07 Å². The van der Waals surface area contributed by atoms with Crippen LogP contribution in [0.1, 0.15) is 61.2 Å². The molecule has 2 N–H and O–H groups in total. The first-order valence-electron chi connectivity index (χ1n) is 12.9. The number of nitrogens with one attached hydrogen (secondary N) is 1. The quantitative estimate of drug-likeness (QED) is 0.405. The topological polar surface area (TPSA) is 91.2 Å². The van der Waals surface area contributed by atoms with Crippen LogP contribution in [-0.4, -0.2) is 44.0 Å². The maximum Gasteiger partial charge on any atom is 0.433 e. The van der Waals surface area contributed by atoms with E-state index in [9.17, 15) is 23.1 Å². The van der Waals surface area contributed by atoms with Crippen molar-refractivity contribution in [1.82, 2.24) is 19.9 Å². The van der Waals surface area contributed by atoms with Gasteiger partial charge in [0.2, 0.25) is 11.9 Å². The number of aryl methyl sites for hydroxylation is 1. The molecule has 3 heterocycles. The Labute approximate surface area is 223 Å². The van der Waals surface area contributed by atoms with E-state index >= 15 is 0 Å². The molecule has 1 saturated carbocycles. The number of amides is 1. The molecule has 5 rings (SSSR count). The number of nitrogens with zero attached hydrogens (tertiary/aromatic N) is 4. The van der Waals surface area contributed by atoms with E-state index in [-0.39, 0.29) is 17.8 Å². The van der Waals surface area contributed by atoms with Crippen LogP contribution in [0.4, 0.5) is 24.8 Å². The van der Waals surface area contributed by atoms with Gasteiger partial charge in [0.25, 0.3) is 0 Å². The third-order valence-electron chi connectivity index (χ3n) is 7.30. The lowest BCUT2D eigenvalue weighted by molar-refractivity contribution is -0.141. The van der Waals surface area contributed by atoms with Gasteiger partial charge < -0.3 is 15.3 Å². The first-order valence-corrected chi connectivity index (χ1v) is 13.7. The van der Waals surface area contributed by atoms with Crippen molar-refractivity contribution in [2.75, 3.05) is 18.4 Å². The Morgan fingerprint density at radius 2 is 1.87 bits per heavy atom. The van der Waals surface area contributed by atoms with E-state index in [1.807, 2.05) is 17.9 Å². The maximum atomic E-state index is 13.0. The monoisotopic (exact) mass is 545 g/mol. The predicted octanol–water partition coefficient (Wildman–Crippen LogP) is 6.06. The highest BCUT2D eigenvalue weighted by molar-refractivity contribution is 7.15. The molecule has 1 saturated heterocycles. The molecule has 1 aliphatic heterocycles. The van der Waals surface area contributed by atoms with Crippen molar-refractivity contribution in [3.8, 4) is 10.4 Å². The first-order chi connectivity index (χ1) is 18.1. The number of piperidine rings is 1. The molecular formula is C27H30F3N5O2S. The lowest BCUT2D eigenvalue weighted by atomic mass is 9.78. The van der Waals surface area contributed by atoms with Gasteiger partial charge >= 0.3 is 6.18 Å². The summed E-state index contributed by atoms with van der Waals surface area (Å²) in [7, 11) is 0. The van der Waals surface area contributed by atoms with E-state index in [1.165, 1.54) is 17.8 Å². The van der Waals surface area contributed by atoms with Gasteiger partial charge in [0.05, 0.1) is 4.88 Å². The van der Waals surface area contributed by atoms with E-state index in [4.69, 9.17) is 0 Å². The third kappa shape index (κ3) is 5.83. The average Bonchev–Trinajstić information content (AvgIpc) is 3.40. The summed E-state index contributed by atoms with van der Waals surface area (Å²) in [4.78, 5) is 27.7. The Morgan fingerprint density at radius 3 is 2.58 bits per heavy atom. The van der Waals surface area contributed by atoms with Crippen molar-refractivity contribution in [1.29, 1.82) is 0 Å². The van der Waals surface area contributed by atoms with Crippen molar-refractivity contribution < 1.29 is 23.1 Å². The van der Waals surface area contributed by atoms with Crippen LogP contribution in [0.2, 0.25) is 0 Å². The second-order valence-electron chi connectivity index (χ2n) is 10.2. The van der Waals surface area contributed by atoms with Gasteiger partial charge in [0.15, 0.2) is 0 Å². The summed E-state index contributed by atoms with van der Waals surface area (Å²) in [6, 6.07) is 6.37. The number of alkyl halides is 3. The normalized spacial score (nSPS) is 22.3. The van der Waals surface area contributed by atoms with Crippen molar-refractivity contribution in [2.24, 2.45) is 5.92 Å². The molecule has 0 atom stereocenters. The molecule has 11 heteroatoms. The highest BCUT2D eigenvalue weighted by Crippen LogP contribution is 2.43. The van der Waals surface area contributed by atoms with Gasteiger partial charge in [0, 0.05) is 37.1 Å². The van der Waals surface area contributed by atoms with Crippen LogP contribution in [0, 0.1) is 12.8 Å². The minimum absolute atomic E-state index is 0.0451. The maximum absolute atomic E-state index is 13.0. The molecule has 2 aliphatic rings. The third-order valence-corrected chi connectivity index (χ3v) is 8.54. The summed E-state index contributed by atoms with van der Waals surface area (Å²) in [6.45, 7) is 3.56. The number of aliphatic hydroxyl groups is 1. The number of rotatable bonds is 5. The number of hydrogen-bond donors (Lipinski definition) is 2. The van der Waals surface area contributed by atoms with Crippen LogP contribution < -0.4 is 5.32 Å². The van der Waals surface area contributed by atoms with Crippen molar-refractivity contribution >= 4 is 28.9 Å². The van der Waals surface area contributed by atoms with E-state index in [1.54, 1.807) is 18.3 Å². The molecule has 0 bridgehead atoms. The van der Waals surface area contributed by atoms with Gasteiger partial charge in [-0.15, -0.1) is 11.3 Å². The van der Waals surface area contributed by atoms with Gasteiger partial charge in [-0.2, -0.15) is 13.2 Å². The zero-order chi connectivity index (χ0) is 26.9. The van der Waals surface area contributed by atoms with Crippen molar-refractivity contribution in [2.45, 2.75) is 63.6 Å². The Balaban J connectivity index is 1.29. The van der Waals surface area contributed by atoms with E-state index in [2.05, 4.69) is 20.3 Å². The van der Waals surface area contributed by atoms with Gasteiger partial charge in [-0.3, -0.25) is 4.79 Å². The Kier molecular flexibility index (Phi) is 7.41. The Bertz CT molecular complexity index is 1300. The number of likely N-dealkylation sites (tertiary alicyclic amines) is 1. The largest absolute Gasteiger partial charge is 0.433 e. The molecule has 2 aromatic heterocycles. The summed E-state index contributed by atoms with van der Waals surface area (Å²) >= 11 is 1.39. The molecule has 1 aliphatic carbocycles. The lowest BCUT2D eigenvalue weighted by Gasteiger charge is -2.37. The van der Waals surface area contributed by atoms with Crippen molar-refractivity contribution in [3.63, 3.8) is 0 Å². The van der Waals surface area contributed by atoms with Gasteiger partial charge in [0.1, 0.15) is 16.3 Å². The van der Waals surface area contributed by atoms with E-state index < -0.39 is 17.5 Å². The van der Waals surface area contributed by atoms with E-state index in [0.717, 1.165) is 54.2 Å². The molecule has 7 nitrogen and oxygen atoms in total. The fourth-order valence-electron chi connectivity index (χ4n) is 5.25. The second kappa shape index (κ2) is 10.6. The zero-order valence-corrected chi connectivity index (χ0v) is 21.9. The van der Waals surface area contributed by atoms with Gasteiger partial charge in [-0.25, -0.2) is 15.0 Å². The van der Waals surface area contributed by atoms with Crippen LogP contribution in [0.25, 0.3) is 10.4 Å². The molecular weight excluding hydrogens is 515 g/mol. The number of carbonyl (C=O) groups excluding carboxylic acids is 1. The second-order valence-corrected chi connectivity index (χ2v) is 11.2. The minimum Gasteiger partial charge on any atom is -0.383 e. The summed E-state index contributed by atoms with van der Waals surface area (Å²) < 4.78 is 39.1. The molecule has 2 fully saturated rings. The minimum atomic E-state index is -4.56. The standard InChI is InChI=1S/C27H30F3N5O2S/c1-17-13-19(15-20(14-17)33-25-31-10-7-22(34-25)27(28,29)30)21-16-32-24(38-21)26(37)8-5-18(6-9-26)23(36)35-11-3-2-4-12-35/h7,10,13-16,18,37H,2-6,8-9,11-12H2,1H3,(H,31,33,34). The first kappa shape index (κ1) is 26.6. The number of halogens is 3. The molecule has 0 spiro atoms. The zero-order valence-electron chi connectivity index (χ0n) is 21.1. The average molecular weight is 546 g/mol. The Hall–Kier alpha value is -3.05. The number of aromatic nitrogens is 3. The fourth-order valence-corrected chi connectivity index (χ4v) is 6.30. The Morgan fingerprint density at radius 1 is 1.13 bits per heavy atom. The van der Waals surface area contributed by atoms with Crippen LogP contribution in [0.5, 0.6) is 0 Å². The fraction of sp³-hybridized carbons (Fsp3) is 0.481. The molecule has 3 aromatic rings. The summed E-state index contributed by atoms with van der Waals surface area (Å²) in [6.07, 6.45) is 3.76. The van der Waals surface area contributed by atoms with Gasteiger partial charge in [-0.05, 0) is 81.2 Å².